The molecule has 3 aromatic rings. The SMILES string of the molecule is COC(=O)[C@@H]1c2ccccc2C(=O)N(CCc2ccccc2)[C@H]1c1ccco1. The molecule has 0 bridgehead atoms. The number of amides is 1. The number of fused-ring (bicyclic) bond motifs is 1. The van der Waals surface area contributed by atoms with Crippen LogP contribution in [0, 0.1) is 0 Å². The Morgan fingerprint density at radius 1 is 1.04 bits per heavy atom. The second-order valence-electron chi connectivity index (χ2n) is 6.78. The fourth-order valence-corrected chi connectivity index (χ4v) is 3.89. The van der Waals surface area contributed by atoms with Crippen molar-refractivity contribution >= 4 is 11.9 Å². The summed E-state index contributed by atoms with van der Waals surface area (Å²) in [5.41, 5.74) is 2.34. The van der Waals surface area contributed by atoms with Crippen LogP contribution in [0.3, 0.4) is 0 Å². The van der Waals surface area contributed by atoms with E-state index in [1.54, 1.807) is 29.4 Å². The van der Waals surface area contributed by atoms with Gasteiger partial charge < -0.3 is 14.1 Å². The third-order valence-corrected chi connectivity index (χ3v) is 5.21. The largest absolute Gasteiger partial charge is 0.468 e. The number of furan rings is 1. The number of nitrogens with zero attached hydrogens (tertiary/aromatic N) is 1. The van der Waals surface area contributed by atoms with Gasteiger partial charge in [0.2, 0.25) is 0 Å². The Kier molecular flexibility index (Phi) is 4.98. The number of rotatable bonds is 5. The maximum atomic E-state index is 13.3. The molecule has 5 heteroatoms. The van der Waals surface area contributed by atoms with E-state index >= 15 is 0 Å². The van der Waals surface area contributed by atoms with Crippen molar-refractivity contribution in [3.05, 3.63) is 95.4 Å². The van der Waals surface area contributed by atoms with E-state index in [4.69, 9.17) is 9.15 Å². The average Bonchev–Trinajstić information content (AvgIpc) is 3.27. The molecule has 28 heavy (non-hydrogen) atoms. The van der Waals surface area contributed by atoms with Crippen LogP contribution in [0.15, 0.2) is 77.4 Å². The van der Waals surface area contributed by atoms with E-state index in [2.05, 4.69) is 0 Å². The van der Waals surface area contributed by atoms with Gasteiger partial charge in [-0.2, -0.15) is 0 Å². The second-order valence-corrected chi connectivity index (χ2v) is 6.78. The van der Waals surface area contributed by atoms with Crippen LogP contribution in [0.4, 0.5) is 0 Å². The monoisotopic (exact) mass is 375 g/mol. The van der Waals surface area contributed by atoms with E-state index < -0.39 is 12.0 Å². The molecule has 2 aromatic carbocycles. The Morgan fingerprint density at radius 3 is 2.50 bits per heavy atom. The van der Waals surface area contributed by atoms with Crippen LogP contribution in [0.1, 0.15) is 39.2 Å². The Hall–Kier alpha value is -3.34. The predicted molar refractivity (Wildman–Crippen MR) is 104 cm³/mol. The van der Waals surface area contributed by atoms with Gasteiger partial charge in [0.1, 0.15) is 17.7 Å². The van der Waals surface area contributed by atoms with Gasteiger partial charge in [-0.3, -0.25) is 9.59 Å². The zero-order valence-corrected chi connectivity index (χ0v) is 15.6. The molecule has 0 radical (unpaired) electrons. The molecule has 0 saturated carbocycles. The van der Waals surface area contributed by atoms with E-state index in [0.717, 1.165) is 5.56 Å². The van der Waals surface area contributed by atoms with Crippen LogP contribution in [0.2, 0.25) is 0 Å². The molecular formula is C23H21NO4. The smallest absolute Gasteiger partial charge is 0.315 e. The molecule has 0 aliphatic carbocycles. The van der Waals surface area contributed by atoms with Crippen molar-refractivity contribution in [2.24, 2.45) is 0 Å². The molecule has 2 atom stereocenters. The molecule has 0 spiro atoms. The number of methoxy groups -OCH3 is 1. The highest BCUT2D eigenvalue weighted by Gasteiger charge is 2.45. The Morgan fingerprint density at radius 2 is 1.79 bits per heavy atom. The normalized spacial score (nSPS) is 18.6. The lowest BCUT2D eigenvalue weighted by molar-refractivity contribution is -0.144. The van der Waals surface area contributed by atoms with Gasteiger partial charge in [0.05, 0.1) is 13.4 Å². The van der Waals surface area contributed by atoms with Crippen LogP contribution in [0.25, 0.3) is 0 Å². The summed E-state index contributed by atoms with van der Waals surface area (Å²) >= 11 is 0. The highest BCUT2D eigenvalue weighted by atomic mass is 16.5. The van der Waals surface area contributed by atoms with Gasteiger partial charge in [-0.05, 0) is 35.7 Å². The van der Waals surface area contributed by atoms with Crippen LogP contribution in [-0.4, -0.2) is 30.4 Å². The summed E-state index contributed by atoms with van der Waals surface area (Å²) < 4.78 is 10.7. The summed E-state index contributed by atoms with van der Waals surface area (Å²) in [5.74, 6) is -0.550. The fourth-order valence-electron chi connectivity index (χ4n) is 3.89. The molecule has 1 amide bonds. The second kappa shape index (κ2) is 7.72. The van der Waals surface area contributed by atoms with Crippen LogP contribution in [-0.2, 0) is 16.0 Å². The summed E-state index contributed by atoms with van der Waals surface area (Å²) in [6.45, 7) is 0.468. The maximum absolute atomic E-state index is 13.3. The summed E-state index contributed by atoms with van der Waals surface area (Å²) in [5, 5.41) is 0. The third kappa shape index (κ3) is 3.20. The quantitative estimate of drug-likeness (QED) is 0.633. The molecule has 142 valence electrons. The van der Waals surface area contributed by atoms with E-state index in [0.29, 0.717) is 29.9 Å². The van der Waals surface area contributed by atoms with Crippen molar-refractivity contribution in [2.45, 2.75) is 18.4 Å². The molecule has 0 N–H and O–H groups in total. The van der Waals surface area contributed by atoms with Crippen molar-refractivity contribution in [1.82, 2.24) is 4.90 Å². The fraction of sp³-hybridized carbons (Fsp3) is 0.217. The molecule has 4 rings (SSSR count). The van der Waals surface area contributed by atoms with Crippen molar-refractivity contribution < 1.29 is 18.7 Å². The molecule has 1 aromatic heterocycles. The van der Waals surface area contributed by atoms with E-state index in [9.17, 15) is 9.59 Å². The lowest BCUT2D eigenvalue weighted by Gasteiger charge is -2.40. The third-order valence-electron chi connectivity index (χ3n) is 5.21. The van der Waals surface area contributed by atoms with Gasteiger partial charge in [0.15, 0.2) is 0 Å². The number of esters is 1. The zero-order valence-electron chi connectivity index (χ0n) is 15.6. The first kappa shape index (κ1) is 18.0. The van der Waals surface area contributed by atoms with Gasteiger partial charge in [0, 0.05) is 12.1 Å². The molecule has 1 aliphatic rings. The molecule has 0 saturated heterocycles. The Labute approximate surface area is 163 Å². The van der Waals surface area contributed by atoms with E-state index in [1.807, 2.05) is 48.5 Å². The summed E-state index contributed by atoms with van der Waals surface area (Å²) in [7, 11) is 1.37. The Bertz CT molecular complexity index is 965. The zero-order chi connectivity index (χ0) is 19.5. The Balaban J connectivity index is 1.78. The van der Waals surface area contributed by atoms with E-state index in [-0.39, 0.29) is 11.9 Å². The molecule has 5 nitrogen and oxygen atoms in total. The van der Waals surface area contributed by atoms with Crippen molar-refractivity contribution in [1.29, 1.82) is 0 Å². The topological polar surface area (TPSA) is 59.8 Å². The number of hydrogen-bond donors (Lipinski definition) is 0. The molecule has 0 fully saturated rings. The van der Waals surface area contributed by atoms with Gasteiger partial charge in [-0.1, -0.05) is 48.5 Å². The number of benzene rings is 2. The van der Waals surface area contributed by atoms with Crippen molar-refractivity contribution in [2.75, 3.05) is 13.7 Å². The molecule has 2 heterocycles. The van der Waals surface area contributed by atoms with Crippen LogP contribution in [0.5, 0.6) is 0 Å². The average molecular weight is 375 g/mol. The highest BCUT2D eigenvalue weighted by molar-refractivity contribution is 6.00. The van der Waals surface area contributed by atoms with Crippen LogP contribution < -0.4 is 0 Å². The number of carbonyl (C=O) groups is 2. The minimum atomic E-state index is -0.638. The van der Waals surface area contributed by atoms with Gasteiger partial charge in [-0.15, -0.1) is 0 Å². The molecule has 1 aliphatic heterocycles. The minimum absolute atomic E-state index is 0.104. The van der Waals surface area contributed by atoms with Gasteiger partial charge in [-0.25, -0.2) is 0 Å². The van der Waals surface area contributed by atoms with E-state index in [1.165, 1.54) is 7.11 Å². The summed E-state index contributed by atoms with van der Waals surface area (Å²) in [4.78, 5) is 27.8. The first-order chi connectivity index (χ1) is 13.7. The molecular weight excluding hydrogens is 354 g/mol. The summed E-state index contributed by atoms with van der Waals surface area (Å²) in [6, 6.07) is 20.2. The number of ether oxygens (including phenoxy) is 1. The minimum Gasteiger partial charge on any atom is -0.468 e. The number of carbonyl (C=O) groups excluding carboxylic acids is 2. The molecule has 0 unspecified atom stereocenters. The van der Waals surface area contributed by atoms with Crippen molar-refractivity contribution in [3.8, 4) is 0 Å². The van der Waals surface area contributed by atoms with Gasteiger partial charge in [0.25, 0.3) is 5.91 Å². The standard InChI is InChI=1S/C23H21NO4/c1-27-23(26)20-17-10-5-6-11-18(17)22(25)24(21(20)19-12-7-15-28-19)14-13-16-8-3-2-4-9-16/h2-12,15,20-21H,13-14H2,1H3/t20-,21+/m1/s1. The lowest BCUT2D eigenvalue weighted by atomic mass is 9.81. The first-order valence-corrected chi connectivity index (χ1v) is 9.25. The first-order valence-electron chi connectivity index (χ1n) is 9.25. The number of hydrogen-bond acceptors (Lipinski definition) is 4. The predicted octanol–water partition coefficient (Wildman–Crippen LogP) is 3.98. The van der Waals surface area contributed by atoms with Crippen LogP contribution >= 0.6 is 0 Å². The van der Waals surface area contributed by atoms with Crippen molar-refractivity contribution in [3.63, 3.8) is 0 Å². The summed E-state index contributed by atoms with van der Waals surface area (Å²) in [6.07, 6.45) is 2.24. The highest BCUT2D eigenvalue weighted by Crippen LogP contribution is 2.43. The van der Waals surface area contributed by atoms with Gasteiger partial charge >= 0.3 is 5.97 Å². The lowest BCUT2D eigenvalue weighted by Crippen LogP contribution is -2.45. The maximum Gasteiger partial charge on any atom is 0.315 e.